The van der Waals surface area contributed by atoms with Crippen LogP contribution in [0.5, 0.6) is 0 Å². The number of hydrogen-bond donors (Lipinski definition) is 0. The molecular formula is C14H16F3NO3S. The zero-order valence-corrected chi connectivity index (χ0v) is 13.1. The van der Waals surface area contributed by atoms with Gasteiger partial charge in [0.2, 0.25) is 0 Å². The molecule has 122 valence electrons. The fourth-order valence-electron chi connectivity index (χ4n) is 1.59. The van der Waals surface area contributed by atoms with Crippen molar-refractivity contribution >= 4 is 26.6 Å². The highest BCUT2D eigenvalue weighted by Crippen LogP contribution is 2.23. The third kappa shape index (κ3) is 4.97. The third-order valence-corrected chi connectivity index (χ3v) is 3.36. The first-order valence-corrected chi connectivity index (χ1v) is 7.56. The Kier molecular flexibility index (Phi) is 5.21. The minimum Gasteiger partial charge on any atom is -0.741 e. The third-order valence-electron chi connectivity index (χ3n) is 2.79. The van der Waals surface area contributed by atoms with Crippen LogP contribution in [0.25, 0.3) is 10.8 Å². The Morgan fingerprint density at radius 1 is 0.955 bits per heavy atom. The average molecular weight is 335 g/mol. The molecule has 2 rings (SSSR count). The number of fused-ring (bicyclic) bond motifs is 1. The molecule has 0 aliphatic carbocycles. The van der Waals surface area contributed by atoms with Crippen LogP contribution in [0.15, 0.2) is 42.5 Å². The van der Waals surface area contributed by atoms with Crippen molar-refractivity contribution in [1.82, 2.24) is 4.48 Å². The monoisotopic (exact) mass is 335 g/mol. The molecule has 0 saturated carbocycles. The summed E-state index contributed by atoms with van der Waals surface area (Å²) in [6.45, 7) is 0. The molecule has 0 atom stereocenters. The van der Waals surface area contributed by atoms with Gasteiger partial charge in [0.15, 0.2) is 10.1 Å². The SMILES string of the molecule is C[N+](C)(C)c1ccc2ccccc2c1.O=S(=O)([O-])C(F)(F)F. The second kappa shape index (κ2) is 6.23. The lowest BCUT2D eigenvalue weighted by molar-refractivity contribution is -0.0517. The van der Waals surface area contributed by atoms with Gasteiger partial charge in [-0.1, -0.05) is 24.3 Å². The van der Waals surface area contributed by atoms with Gasteiger partial charge in [-0.2, -0.15) is 13.2 Å². The lowest BCUT2D eigenvalue weighted by Gasteiger charge is -2.23. The second-order valence-electron chi connectivity index (χ2n) is 5.44. The van der Waals surface area contributed by atoms with Crippen LogP contribution in [0, 0.1) is 0 Å². The molecule has 0 aliphatic heterocycles. The topological polar surface area (TPSA) is 57.2 Å². The highest BCUT2D eigenvalue weighted by molar-refractivity contribution is 7.86. The second-order valence-corrected chi connectivity index (χ2v) is 6.81. The van der Waals surface area contributed by atoms with Crippen LogP contribution in [0.4, 0.5) is 18.9 Å². The number of nitrogens with zero attached hydrogens (tertiary/aromatic N) is 1. The van der Waals surface area contributed by atoms with Crippen molar-refractivity contribution in [1.29, 1.82) is 0 Å². The summed E-state index contributed by atoms with van der Waals surface area (Å²) in [6, 6.07) is 15.1. The number of halogens is 3. The molecule has 2 aromatic carbocycles. The molecule has 4 nitrogen and oxygen atoms in total. The van der Waals surface area contributed by atoms with Crippen LogP contribution in [0.1, 0.15) is 0 Å². The molecule has 0 spiro atoms. The predicted octanol–water partition coefficient (Wildman–Crippen LogP) is 3.09. The van der Waals surface area contributed by atoms with E-state index in [9.17, 15) is 13.2 Å². The van der Waals surface area contributed by atoms with E-state index in [4.69, 9.17) is 13.0 Å². The van der Waals surface area contributed by atoms with Crippen molar-refractivity contribution in [2.75, 3.05) is 21.1 Å². The number of alkyl halides is 3. The van der Waals surface area contributed by atoms with E-state index in [2.05, 4.69) is 63.6 Å². The van der Waals surface area contributed by atoms with Crippen molar-refractivity contribution in [2.45, 2.75) is 5.51 Å². The zero-order valence-electron chi connectivity index (χ0n) is 12.3. The van der Waals surface area contributed by atoms with Gasteiger partial charge in [0.25, 0.3) is 0 Å². The normalized spacial score (nSPS) is 12.7. The summed E-state index contributed by atoms with van der Waals surface area (Å²) in [5.41, 5.74) is -4.31. The molecule has 0 aliphatic rings. The average Bonchev–Trinajstić information content (AvgIpc) is 2.35. The van der Waals surface area contributed by atoms with Gasteiger partial charge in [0.1, 0.15) is 5.69 Å². The Morgan fingerprint density at radius 3 is 1.82 bits per heavy atom. The van der Waals surface area contributed by atoms with Crippen LogP contribution in [-0.4, -0.2) is 39.6 Å². The standard InChI is InChI=1S/C13H16N.CHF3O3S/c1-14(2,3)13-9-8-11-6-4-5-7-12(11)10-13;2-1(3,4)8(5,6)7/h4-10H,1-3H3;(H,5,6,7)/q+1;/p-1. The van der Waals surface area contributed by atoms with E-state index in [1.54, 1.807) is 0 Å². The molecule has 0 amide bonds. The van der Waals surface area contributed by atoms with E-state index in [-0.39, 0.29) is 0 Å². The van der Waals surface area contributed by atoms with Crippen LogP contribution in [0.2, 0.25) is 0 Å². The molecule has 0 heterocycles. The summed E-state index contributed by atoms with van der Waals surface area (Å²) in [4.78, 5) is 0. The lowest BCUT2D eigenvalue weighted by Crippen LogP contribution is -2.34. The largest absolute Gasteiger partial charge is 0.741 e. The van der Waals surface area contributed by atoms with E-state index in [0.717, 1.165) is 4.48 Å². The number of rotatable bonds is 1. The maximum atomic E-state index is 10.7. The van der Waals surface area contributed by atoms with Gasteiger partial charge in [0.05, 0.1) is 21.1 Å². The molecule has 0 bridgehead atoms. The molecule has 0 saturated heterocycles. The van der Waals surface area contributed by atoms with Crippen LogP contribution >= 0.6 is 0 Å². The summed E-state index contributed by atoms with van der Waals surface area (Å²) >= 11 is 0. The van der Waals surface area contributed by atoms with Gasteiger partial charge < -0.3 is 4.55 Å². The minimum absolute atomic E-state index is 0.866. The van der Waals surface area contributed by atoms with Crippen LogP contribution in [0.3, 0.4) is 0 Å². The van der Waals surface area contributed by atoms with Gasteiger partial charge in [0, 0.05) is 6.07 Å². The zero-order chi connectivity index (χ0) is 17.2. The van der Waals surface area contributed by atoms with E-state index < -0.39 is 15.6 Å². The molecule has 0 fully saturated rings. The van der Waals surface area contributed by atoms with E-state index in [0.29, 0.717) is 0 Å². The number of quaternary nitrogens is 1. The Morgan fingerprint density at radius 2 is 1.41 bits per heavy atom. The van der Waals surface area contributed by atoms with Gasteiger partial charge in [-0.25, -0.2) is 8.42 Å². The fourth-order valence-corrected chi connectivity index (χ4v) is 1.59. The molecule has 0 aromatic heterocycles. The van der Waals surface area contributed by atoms with Gasteiger partial charge in [-0.3, -0.25) is 4.48 Å². The summed E-state index contributed by atoms with van der Waals surface area (Å²) in [7, 11) is 0.464. The summed E-state index contributed by atoms with van der Waals surface area (Å²) in [5, 5.41) is 2.63. The van der Waals surface area contributed by atoms with Gasteiger partial charge >= 0.3 is 5.51 Å². The highest BCUT2D eigenvalue weighted by atomic mass is 32.2. The van der Waals surface area contributed by atoms with Crippen molar-refractivity contribution < 1.29 is 26.1 Å². The van der Waals surface area contributed by atoms with Crippen LogP contribution in [-0.2, 0) is 10.1 Å². The minimum atomic E-state index is -6.09. The van der Waals surface area contributed by atoms with Gasteiger partial charge in [-0.15, -0.1) is 0 Å². The lowest BCUT2D eigenvalue weighted by atomic mass is 10.1. The Hall–Kier alpha value is -1.64. The first-order valence-electron chi connectivity index (χ1n) is 6.15. The Labute approximate surface area is 127 Å². The molecule has 8 heteroatoms. The van der Waals surface area contributed by atoms with E-state index in [1.165, 1.54) is 16.5 Å². The molecule has 0 radical (unpaired) electrons. The van der Waals surface area contributed by atoms with Crippen LogP contribution < -0.4 is 4.48 Å². The first-order chi connectivity index (χ1) is 9.82. The number of hydrogen-bond acceptors (Lipinski definition) is 3. The van der Waals surface area contributed by atoms with Crippen molar-refractivity contribution in [2.24, 2.45) is 0 Å². The first kappa shape index (κ1) is 18.4. The Bertz CT molecular complexity index is 750. The predicted molar refractivity (Wildman–Crippen MR) is 79.3 cm³/mol. The summed E-state index contributed by atoms with van der Waals surface area (Å²) < 4.78 is 59.8. The van der Waals surface area contributed by atoms with Crippen molar-refractivity contribution in [3.8, 4) is 0 Å². The van der Waals surface area contributed by atoms with Crippen molar-refractivity contribution in [3.05, 3.63) is 42.5 Å². The molecule has 2 aromatic rings. The van der Waals surface area contributed by atoms with E-state index in [1.807, 2.05) is 0 Å². The van der Waals surface area contributed by atoms with Crippen molar-refractivity contribution in [3.63, 3.8) is 0 Å². The molecule has 22 heavy (non-hydrogen) atoms. The Balaban J connectivity index is 0.000000261. The summed E-state index contributed by atoms with van der Waals surface area (Å²) in [6.07, 6.45) is 0. The maximum absolute atomic E-state index is 10.7. The summed E-state index contributed by atoms with van der Waals surface area (Å²) in [5.74, 6) is 0. The smallest absolute Gasteiger partial charge is 0.485 e. The quantitative estimate of drug-likeness (QED) is 0.457. The molecule has 0 unspecified atom stereocenters. The highest BCUT2D eigenvalue weighted by Gasteiger charge is 2.36. The molecular weight excluding hydrogens is 319 g/mol. The maximum Gasteiger partial charge on any atom is 0.485 e. The van der Waals surface area contributed by atoms with E-state index >= 15 is 0 Å². The fraction of sp³-hybridized carbons (Fsp3) is 0.286. The number of benzene rings is 2. The molecule has 0 N–H and O–H groups in total. The van der Waals surface area contributed by atoms with Gasteiger partial charge in [-0.05, 0) is 22.9 Å².